The third-order valence-corrected chi connectivity index (χ3v) is 3.71. The van der Waals surface area contributed by atoms with Crippen molar-refractivity contribution in [2.45, 2.75) is 26.2 Å². The summed E-state index contributed by atoms with van der Waals surface area (Å²) in [6.45, 7) is 2.63. The van der Waals surface area contributed by atoms with E-state index in [2.05, 4.69) is 5.32 Å². The summed E-state index contributed by atoms with van der Waals surface area (Å²) < 4.78 is 0. The van der Waals surface area contributed by atoms with Crippen molar-refractivity contribution in [1.29, 1.82) is 0 Å². The number of piperidine rings is 1. The molecular formula is C14H17ClN2O2. The molecule has 1 aliphatic heterocycles. The van der Waals surface area contributed by atoms with E-state index in [1.54, 1.807) is 23.1 Å². The number of carbonyl (C=O) groups excluding carboxylic acids is 2. The maximum Gasteiger partial charge on any atom is 0.244 e. The zero-order valence-corrected chi connectivity index (χ0v) is 11.7. The smallest absolute Gasteiger partial charge is 0.244 e. The van der Waals surface area contributed by atoms with Crippen LogP contribution in [0.5, 0.6) is 0 Å². The van der Waals surface area contributed by atoms with Crippen LogP contribution >= 0.6 is 11.6 Å². The lowest BCUT2D eigenvalue weighted by atomic mass is 10.1. The number of amides is 2. The van der Waals surface area contributed by atoms with Gasteiger partial charge >= 0.3 is 0 Å². The Hall–Kier alpha value is -1.55. The highest BCUT2D eigenvalue weighted by Gasteiger charge is 2.20. The molecule has 1 fully saturated rings. The van der Waals surface area contributed by atoms with Crippen LogP contribution in [-0.2, 0) is 9.59 Å². The molecule has 0 atom stereocenters. The summed E-state index contributed by atoms with van der Waals surface area (Å²) in [6, 6.07) is 5.37. The Morgan fingerprint density at radius 3 is 2.95 bits per heavy atom. The first-order valence-electron chi connectivity index (χ1n) is 6.40. The second-order valence-electron chi connectivity index (χ2n) is 4.73. The normalized spacial score (nSPS) is 15.5. The van der Waals surface area contributed by atoms with E-state index in [0.29, 0.717) is 23.7 Å². The molecular weight excluding hydrogens is 264 g/mol. The Morgan fingerprint density at radius 1 is 1.42 bits per heavy atom. The van der Waals surface area contributed by atoms with E-state index in [1.165, 1.54) is 0 Å². The quantitative estimate of drug-likeness (QED) is 0.925. The van der Waals surface area contributed by atoms with Crippen LogP contribution in [0.3, 0.4) is 0 Å². The standard InChI is InChI=1S/C14H17ClN2O2/c1-10-11(15)5-4-6-12(10)16-13(18)9-17-8-3-2-7-14(17)19/h4-6H,2-3,7-9H2,1H3,(H,16,18). The third-order valence-electron chi connectivity index (χ3n) is 3.30. The van der Waals surface area contributed by atoms with Gasteiger partial charge in [0.25, 0.3) is 0 Å². The van der Waals surface area contributed by atoms with Crippen LogP contribution in [0, 0.1) is 6.92 Å². The van der Waals surface area contributed by atoms with Gasteiger partial charge in [-0.25, -0.2) is 0 Å². The molecule has 1 aromatic rings. The molecule has 0 bridgehead atoms. The Morgan fingerprint density at radius 2 is 2.21 bits per heavy atom. The zero-order valence-electron chi connectivity index (χ0n) is 10.9. The summed E-state index contributed by atoms with van der Waals surface area (Å²) in [4.78, 5) is 25.2. The van der Waals surface area contributed by atoms with Crippen molar-refractivity contribution in [1.82, 2.24) is 4.90 Å². The van der Waals surface area contributed by atoms with Crippen LogP contribution in [0.4, 0.5) is 5.69 Å². The third kappa shape index (κ3) is 3.47. The number of hydrogen-bond acceptors (Lipinski definition) is 2. The highest BCUT2D eigenvalue weighted by Crippen LogP contribution is 2.22. The van der Waals surface area contributed by atoms with Crippen molar-refractivity contribution >= 4 is 29.1 Å². The largest absolute Gasteiger partial charge is 0.333 e. The molecule has 0 saturated carbocycles. The average Bonchev–Trinajstić information content (AvgIpc) is 2.38. The fraction of sp³-hybridized carbons (Fsp3) is 0.429. The number of likely N-dealkylation sites (tertiary alicyclic amines) is 1. The first kappa shape index (κ1) is 13.9. The fourth-order valence-electron chi connectivity index (χ4n) is 2.13. The van der Waals surface area contributed by atoms with Crippen LogP contribution < -0.4 is 5.32 Å². The van der Waals surface area contributed by atoms with Crippen molar-refractivity contribution in [3.63, 3.8) is 0 Å². The minimum absolute atomic E-state index is 0.0595. The van der Waals surface area contributed by atoms with Crippen molar-refractivity contribution in [3.05, 3.63) is 28.8 Å². The average molecular weight is 281 g/mol. The summed E-state index contributed by atoms with van der Waals surface area (Å²) in [5.74, 6) is -0.121. The Labute approximate surface area is 117 Å². The number of nitrogens with zero attached hydrogens (tertiary/aromatic N) is 1. The molecule has 0 aromatic heterocycles. The van der Waals surface area contributed by atoms with Crippen molar-refractivity contribution in [3.8, 4) is 0 Å². The molecule has 0 spiro atoms. The molecule has 0 unspecified atom stereocenters. The topological polar surface area (TPSA) is 49.4 Å². The monoisotopic (exact) mass is 280 g/mol. The summed E-state index contributed by atoms with van der Waals surface area (Å²) in [6.07, 6.45) is 2.43. The minimum Gasteiger partial charge on any atom is -0.333 e. The van der Waals surface area contributed by atoms with Gasteiger partial charge in [-0.2, -0.15) is 0 Å². The molecule has 19 heavy (non-hydrogen) atoms. The molecule has 1 N–H and O–H groups in total. The highest BCUT2D eigenvalue weighted by molar-refractivity contribution is 6.31. The van der Waals surface area contributed by atoms with E-state index in [9.17, 15) is 9.59 Å². The van der Waals surface area contributed by atoms with Crippen molar-refractivity contribution < 1.29 is 9.59 Å². The Kier molecular flexibility index (Phi) is 4.43. The summed E-state index contributed by atoms with van der Waals surface area (Å²) in [7, 11) is 0. The molecule has 1 aromatic carbocycles. The lowest BCUT2D eigenvalue weighted by Gasteiger charge is -2.26. The van der Waals surface area contributed by atoms with E-state index >= 15 is 0 Å². The first-order valence-corrected chi connectivity index (χ1v) is 6.78. The van der Waals surface area contributed by atoms with Crippen molar-refractivity contribution in [2.24, 2.45) is 0 Å². The maximum atomic E-state index is 11.9. The van der Waals surface area contributed by atoms with Gasteiger partial charge in [-0.15, -0.1) is 0 Å². The number of anilines is 1. The lowest BCUT2D eigenvalue weighted by molar-refractivity contribution is -0.136. The molecule has 1 saturated heterocycles. The van der Waals surface area contributed by atoms with E-state index in [1.807, 2.05) is 6.92 Å². The molecule has 0 radical (unpaired) electrons. The second-order valence-corrected chi connectivity index (χ2v) is 5.14. The molecule has 1 aliphatic rings. The van der Waals surface area contributed by atoms with Crippen LogP contribution in [-0.4, -0.2) is 29.8 Å². The van der Waals surface area contributed by atoms with E-state index in [0.717, 1.165) is 18.4 Å². The number of benzene rings is 1. The van der Waals surface area contributed by atoms with Gasteiger partial charge in [0.15, 0.2) is 0 Å². The van der Waals surface area contributed by atoms with Crippen LogP contribution in [0.25, 0.3) is 0 Å². The molecule has 102 valence electrons. The van der Waals surface area contributed by atoms with Crippen LogP contribution in [0.1, 0.15) is 24.8 Å². The molecule has 2 amide bonds. The number of hydrogen-bond donors (Lipinski definition) is 1. The number of nitrogens with one attached hydrogen (secondary N) is 1. The second kappa shape index (κ2) is 6.06. The summed E-state index contributed by atoms with van der Waals surface area (Å²) in [5.41, 5.74) is 1.53. The summed E-state index contributed by atoms with van der Waals surface area (Å²) in [5, 5.41) is 3.42. The van der Waals surface area contributed by atoms with Gasteiger partial charge in [0.2, 0.25) is 11.8 Å². The predicted molar refractivity (Wildman–Crippen MR) is 75.2 cm³/mol. The SMILES string of the molecule is Cc1c(Cl)cccc1NC(=O)CN1CCCCC1=O. The molecule has 5 heteroatoms. The van der Waals surface area contributed by atoms with Gasteiger partial charge in [-0.05, 0) is 37.5 Å². The van der Waals surface area contributed by atoms with Crippen molar-refractivity contribution in [2.75, 3.05) is 18.4 Å². The number of carbonyl (C=O) groups is 2. The lowest BCUT2D eigenvalue weighted by Crippen LogP contribution is -2.40. The van der Waals surface area contributed by atoms with Gasteiger partial charge in [0.1, 0.15) is 0 Å². The number of halogens is 1. The van der Waals surface area contributed by atoms with E-state index in [4.69, 9.17) is 11.6 Å². The Bertz CT molecular complexity index is 502. The van der Waals surface area contributed by atoms with E-state index in [-0.39, 0.29) is 18.4 Å². The van der Waals surface area contributed by atoms with E-state index < -0.39 is 0 Å². The van der Waals surface area contributed by atoms with Gasteiger partial charge < -0.3 is 10.2 Å². The molecule has 0 aliphatic carbocycles. The highest BCUT2D eigenvalue weighted by atomic mass is 35.5. The Balaban J connectivity index is 1.97. The van der Waals surface area contributed by atoms with Crippen LogP contribution in [0.2, 0.25) is 5.02 Å². The van der Waals surface area contributed by atoms with Gasteiger partial charge in [-0.3, -0.25) is 9.59 Å². The predicted octanol–water partition coefficient (Wildman–Crippen LogP) is 2.60. The number of rotatable bonds is 3. The zero-order chi connectivity index (χ0) is 13.8. The van der Waals surface area contributed by atoms with Gasteiger partial charge in [0.05, 0.1) is 6.54 Å². The first-order chi connectivity index (χ1) is 9.08. The fourth-order valence-corrected chi connectivity index (χ4v) is 2.31. The maximum absolute atomic E-state index is 11.9. The van der Waals surface area contributed by atoms with Gasteiger partial charge in [0, 0.05) is 23.7 Å². The minimum atomic E-state index is -0.180. The van der Waals surface area contributed by atoms with Gasteiger partial charge in [-0.1, -0.05) is 17.7 Å². The molecule has 4 nitrogen and oxygen atoms in total. The molecule has 1 heterocycles. The summed E-state index contributed by atoms with van der Waals surface area (Å²) >= 11 is 6.00. The van der Waals surface area contributed by atoms with Crippen LogP contribution in [0.15, 0.2) is 18.2 Å². The molecule has 2 rings (SSSR count).